The van der Waals surface area contributed by atoms with Gasteiger partial charge in [0, 0.05) is 18.9 Å². The summed E-state index contributed by atoms with van der Waals surface area (Å²) in [6, 6.07) is 24.5. The van der Waals surface area contributed by atoms with Gasteiger partial charge in [-0.15, -0.1) is 0 Å². The van der Waals surface area contributed by atoms with E-state index in [9.17, 15) is 4.79 Å². The molecule has 1 amide bonds. The largest absolute Gasteiger partial charge is 0.494 e. The van der Waals surface area contributed by atoms with Crippen molar-refractivity contribution in [1.29, 1.82) is 0 Å². The number of nitrogens with zero attached hydrogens (tertiary/aromatic N) is 2. The van der Waals surface area contributed by atoms with Gasteiger partial charge in [-0.05, 0) is 68.1 Å². The molecule has 42 heavy (non-hydrogen) atoms. The number of H-pyrrole nitrogens is 1. The van der Waals surface area contributed by atoms with E-state index < -0.39 is 5.60 Å². The van der Waals surface area contributed by atoms with Crippen molar-refractivity contribution in [2.45, 2.75) is 64.4 Å². The molecule has 4 aromatic rings. The summed E-state index contributed by atoms with van der Waals surface area (Å²) in [6.07, 6.45) is 2.81. The summed E-state index contributed by atoms with van der Waals surface area (Å²) in [4.78, 5) is 22.1. The summed E-state index contributed by atoms with van der Waals surface area (Å²) >= 11 is 0. The third kappa shape index (κ3) is 8.33. The summed E-state index contributed by atoms with van der Waals surface area (Å²) in [6.45, 7) is 9.03. The molecule has 1 aliphatic heterocycles. The van der Waals surface area contributed by atoms with Gasteiger partial charge in [0.15, 0.2) is 0 Å². The Morgan fingerprint density at radius 3 is 2.57 bits per heavy atom. The Morgan fingerprint density at radius 1 is 0.976 bits per heavy atom. The summed E-state index contributed by atoms with van der Waals surface area (Å²) in [5, 5.41) is 0. The molecule has 0 radical (unpaired) electrons. The molecule has 0 spiro atoms. The molecule has 0 saturated carbocycles. The van der Waals surface area contributed by atoms with Crippen molar-refractivity contribution in [2.24, 2.45) is 0 Å². The maximum atomic E-state index is 12.9. The second kappa shape index (κ2) is 13.9. The van der Waals surface area contributed by atoms with Crippen LogP contribution < -0.4 is 4.74 Å². The Balaban J connectivity index is 1.17. The predicted octanol–water partition coefficient (Wildman–Crippen LogP) is 6.86. The Morgan fingerprint density at radius 2 is 1.79 bits per heavy atom. The number of hydrogen-bond donors (Lipinski definition) is 1. The van der Waals surface area contributed by atoms with E-state index in [-0.39, 0.29) is 18.1 Å². The summed E-state index contributed by atoms with van der Waals surface area (Å²) in [7, 11) is 0. The Bertz CT molecular complexity index is 1410. The first kappa shape index (κ1) is 29.6. The van der Waals surface area contributed by atoms with Gasteiger partial charge in [0.1, 0.15) is 11.4 Å². The number of piperidine rings is 1. The lowest BCUT2D eigenvalue weighted by Gasteiger charge is -2.39. The second-order valence-corrected chi connectivity index (χ2v) is 11.7. The highest BCUT2D eigenvalue weighted by molar-refractivity contribution is 5.75. The normalized spacial score (nSPS) is 17.4. The molecule has 1 aromatic heterocycles. The fourth-order valence-electron chi connectivity index (χ4n) is 5.16. The minimum Gasteiger partial charge on any atom is -0.494 e. The predicted molar refractivity (Wildman–Crippen MR) is 162 cm³/mol. The Labute approximate surface area is 247 Å². The van der Waals surface area contributed by atoms with E-state index in [1.54, 1.807) is 11.2 Å². The maximum absolute atomic E-state index is 12.9. The Kier molecular flexibility index (Phi) is 9.77. The van der Waals surface area contributed by atoms with Crippen LogP contribution in [0.1, 0.15) is 56.2 Å². The average molecular weight is 572 g/mol. The molecular weight excluding hydrogens is 530 g/mol. The molecule has 0 aliphatic carbocycles. The zero-order valence-corrected chi connectivity index (χ0v) is 24.8. The lowest BCUT2D eigenvalue weighted by molar-refractivity contribution is -0.0359. The highest BCUT2D eigenvalue weighted by Crippen LogP contribution is 2.33. The third-order valence-electron chi connectivity index (χ3n) is 7.28. The van der Waals surface area contributed by atoms with Crippen molar-refractivity contribution >= 4 is 17.1 Å². The van der Waals surface area contributed by atoms with E-state index in [1.807, 2.05) is 63.2 Å². The van der Waals surface area contributed by atoms with Gasteiger partial charge in [0.2, 0.25) is 0 Å². The number of rotatable bonds is 11. The molecule has 1 N–H and O–H groups in total. The number of carbonyl (C=O) groups is 1. The average Bonchev–Trinajstić information content (AvgIpc) is 3.46. The zero-order chi connectivity index (χ0) is 29.4. The fraction of sp³-hybridized carbons (Fsp3) is 0.412. The van der Waals surface area contributed by atoms with Gasteiger partial charge in [-0.25, -0.2) is 9.78 Å². The van der Waals surface area contributed by atoms with E-state index in [0.29, 0.717) is 39.5 Å². The van der Waals surface area contributed by atoms with Crippen molar-refractivity contribution in [3.05, 3.63) is 95.8 Å². The van der Waals surface area contributed by atoms with E-state index in [0.717, 1.165) is 35.2 Å². The number of carbonyl (C=O) groups excluding carboxylic acids is 1. The molecule has 1 aliphatic rings. The number of fused-ring (bicyclic) bond motifs is 1. The van der Waals surface area contributed by atoms with Crippen LogP contribution in [0.5, 0.6) is 5.75 Å². The van der Waals surface area contributed by atoms with E-state index in [2.05, 4.69) is 40.3 Å². The van der Waals surface area contributed by atoms with Crippen molar-refractivity contribution in [2.75, 3.05) is 26.3 Å². The highest BCUT2D eigenvalue weighted by atomic mass is 16.6. The van der Waals surface area contributed by atoms with Crippen LogP contribution >= 0.6 is 0 Å². The first-order chi connectivity index (χ1) is 20.3. The molecule has 2 heterocycles. The van der Waals surface area contributed by atoms with Crippen molar-refractivity contribution in [3.8, 4) is 5.75 Å². The van der Waals surface area contributed by atoms with Crippen LogP contribution in [0.15, 0.2) is 79.1 Å². The maximum Gasteiger partial charge on any atom is 0.410 e. The van der Waals surface area contributed by atoms with E-state index >= 15 is 0 Å². The molecule has 3 aromatic carbocycles. The van der Waals surface area contributed by atoms with Gasteiger partial charge in [0.05, 0.1) is 56.4 Å². The molecule has 2 unspecified atom stereocenters. The molecule has 2 atom stereocenters. The van der Waals surface area contributed by atoms with Crippen LogP contribution in [-0.4, -0.2) is 59.0 Å². The number of likely N-dealkylation sites (tertiary alicyclic amines) is 1. The minimum atomic E-state index is -0.548. The van der Waals surface area contributed by atoms with Crippen LogP contribution in [0.3, 0.4) is 0 Å². The van der Waals surface area contributed by atoms with Crippen LogP contribution in [0.2, 0.25) is 0 Å². The number of imidazole rings is 1. The molecule has 222 valence electrons. The first-order valence-electron chi connectivity index (χ1n) is 14.7. The molecule has 1 fully saturated rings. The number of aromatic nitrogens is 2. The van der Waals surface area contributed by atoms with Gasteiger partial charge in [0.25, 0.3) is 0 Å². The quantitative estimate of drug-likeness (QED) is 0.198. The van der Waals surface area contributed by atoms with Gasteiger partial charge in [-0.2, -0.15) is 0 Å². The molecule has 8 nitrogen and oxygen atoms in total. The molecule has 8 heteroatoms. The SMILES string of the molecule is CC(C)(C)OC(=O)N1CCC(c2ccc(OCCCOCc3ccccc3)cc2)C(OCc2ccc3nc[nH]c3c2)C1. The number of nitrogens with one attached hydrogen (secondary N) is 1. The molecular formula is C34H41N3O5. The summed E-state index contributed by atoms with van der Waals surface area (Å²) < 4.78 is 23.9. The molecule has 5 rings (SSSR count). The summed E-state index contributed by atoms with van der Waals surface area (Å²) in [5.41, 5.74) is 4.75. The van der Waals surface area contributed by atoms with Gasteiger partial charge in [-0.3, -0.25) is 0 Å². The van der Waals surface area contributed by atoms with Gasteiger partial charge < -0.3 is 28.8 Å². The van der Waals surface area contributed by atoms with Crippen molar-refractivity contribution in [1.82, 2.24) is 14.9 Å². The number of amides is 1. The van der Waals surface area contributed by atoms with Crippen molar-refractivity contribution in [3.63, 3.8) is 0 Å². The molecule has 1 saturated heterocycles. The van der Waals surface area contributed by atoms with E-state index in [1.165, 1.54) is 11.1 Å². The lowest BCUT2D eigenvalue weighted by Crippen LogP contribution is -2.48. The van der Waals surface area contributed by atoms with Gasteiger partial charge in [-0.1, -0.05) is 48.5 Å². The number of benzene rings is 3. The van der Waals surface area contributed by atoms with Crippen LogP contribution in [0, 0.1) is 0 Å². The number of aromatic amines is 1. The first-order valence-corrected chi connectivity index (χ1v) is 14.7. The lowest BCUT2D eigenvalue weighted by atomic mass is 9.87. The fourth-order valence-corrected chi connectivity index (χ4v) is 5.16. The second-order valence-electron chi connectivity index (χ2n) is 11.7. The van der Waals surface area contributed by atoms with Crippen LogP contribution in [0.4, 0.5) is 4.79 Å². The Hall–Kier alpha value is -3.88. The van der Waals surface area contributed by atoms with Crippen molar-refractivity contribution < 1.29 is 23.7 Å². The third-order valence-corrected chi connectivity index (χ3v) is 7.28. The standard InChI is InChI=1S/C34H41N3O5/c1-34(2,3)42-33(38)37-17-16-29(32(21-37)41-23-26-10-15-30-31(20-26)36-24-35-30)27-11-13-28(14-12-27)40-19-7-18-39-22-25-8-5-4-6-9-25/h4-6,8-15,20,24,29,32H,7,16-19,21-23H2,1-3H3,(H,35,36). The zero-order valence-electron chi connectivity index (χ0n) is 24.8. The topological polar surface area (TPSA) is 85.9 Å². The molecule has 0 bridgehead atoms. The monoisotopic (exact) mass is 571 g/mol. The number of hydrogen-bond acceptors (Lipinski definition) is 6. The summed E-state index contributed by atoms with van der Waals surface area (Å²) in [5.74, 6) is 0.971. The van der Waals surface area contributed by atoms with Crippen LogP contribution in [0.25, 0.3) is 11.0 Å². The smallest absolute Gasteiger partial charge is 0.410 e. The minimum absolute atomic E-state index is 0.139. The highest BCUT2D eigenvalue weighted by Gasteiger charge is 2.35. The number of ether oxygens (including phenoxy) is 4. The van der Waals surface area contributed by atoms with Gasteiger partial charge >= 0.3 is 6.09 Å². The van der Waals surface area contributed by atoms with E-state index in [4.69, 9.17) is 18.9 Å². The van der Waals surface area contributed by atoms with Crippen LogP contribution in [-0.2, 0) is 27.4 Å².